The average Bonchev–Trinajstić information content (AvgIpc) is 2.79. The minimum Gasteiger partial charge on any atom is -0.507 e. The summed E-state index contributed by atoms with van der Waals surface area (Å²) in [7, 11) is 0. The average molecular weight is 413 g/mol. The second-order valence-corrected chi connectivity index (χ2v) is 7.09. The Bertz CT molecular complexity index is 1350. The van der Waals surface area contributed by atoms with Crippen molar-refractivity contribution in [3.63, 3.8) is 0 Å². The van der Waals surface area contributed by atoms with Crippen LogP contribution in [-0.4, -0.2) is 30.6 Å². The largest absolute Gasteiger partial charge is 0.507 e. The molecule has 1 aromatic heterocycles. The Morgan fingerprint density at radius 3 is 2.48 bits per heavy atom. The van der Waals surface area contributed by atoms with Crippen LogP contribution in [0.15, 0.2) is 80.1 Å². The number of nitrogens with zero attached hydrogens (tertiary/aromatic N) is 3. The lowest BCUT2D eigenvalue weighted by molar-refractivity contribution is 0.475. The molecule has 0 spiro atoms. The van der Waals surface area contributed by atoms with Crippen molar-refractivity contribution >= 4 is 39.9 Å². The van der Waals surface area contributed by atoms with E-state index in [9.17, 15) is 9.90 Å². The maximum absolute atomic E-state index is 12.4. The Morgan fingerprint density at radius 1 is 0.935 bits per heavy atom. The van der Waals surface area contributed by atoms with Gasteiger partial charge in [-0.2, -0.15) is 10.2 Å². The number of aromatic hydroxyl groups is 1. The first-order valence-corrected chi connectivity index (χ1v) is 10.2. The van der Waals surface area contributed by atoms with Gasteiger partial charge in [-0.05, 0) is 48.9 Å². The Balaban J connectivity index is 1.62. The highest BCUT2D eigenvalue weighted by atomic mass is 16.4. The van der Waals surface area contributed by atoms with Crippen LogP contribution in [0.1, 0.15) is 25.0 Å². The zero-order chi connectivity index (χ0) is 21.8. The molecule has 6 heteroatoms. The molecule has 1 N–H and O–H groups in total. The predicted octanol–water partition coefficient (Wildman–Crippen LogP) is 4.95. The Morgan fingerprint density at radius 2 is 1.68 bits per heavy atom. The summed E-state index contributed by atoms with van der Waals surface area (Å²) >= 11 is 0. The fraction of sp³-hybridized carbons (Fsp3) is 0.160. The van der Waals surface area contributed by atoms with E-state index in [4.69, 9.17) is 4.42 Å². The predicted molar refractivity (Wildman–Crippen MR) is 127 cm³/mol. The molecular weight excluding hydrogens is 390 g/mol. The van der Waals surface area contributed by atoms with E-state index in [1.54, 1.807) is 12.1 Å². The minimum absolute atomic E-state index is 0.117. The molecule has 1 heterocycles. The van der Waals surface area contributed by atoms with Crippen molar-refractivity contribution in [3.8, 4) is 5.75 Å². The highest BCUT2D eigenvalue weighted by molar-refractivity contribution is 6.02. The summed E-state index contributed by atoms with van der Waals surface area (Å²) in [5, 5.41) is 20.9. The van der Waals surface area contributed by atoms with Gasteiger partial charge in [0.1, 0.15) is 11.3 Å². The highest BCUT2D eigenvalue weighted by Crippen LogP contribution is 2.25. The van der Waals surface area contributed by atoms with Crippen LogP contribution in [-0.2, 0) is 0 Å². The van der Waals surface area contributed by atoms with E-state index in [0.717, 1.165) is 34.9 Å². The van der Waals surface area contributed by atoms with Crippen LogP contribution < -0.4 is 10.5 Å². The molecule has 0 aliphatic carbocycles. The number of rotatable bonds is 6. The van der Waals surface area contributed by atoms with E-state index in [1.165, 1.54) is 12.4 Å². The lowest BCUT2D eigenvalue weighted by Crippen LogP contribution is -2.21. The van der Waals surface area contributed by atoms with Crippen LogP contribution in [0.4, 0.5) is 5.69 Å². The van der Waals surface area contributed by atoms with Crippen LogP contribution >= 0.6 is 0 Å². The third-order valence-corrected chi connectivity index (χ3v) is 5.27. The molecule has 4 aromatic rings. The molecule has 6 nitrogen and oxygen atoms in total. The quantitative estimate of drug-likeness (QED) is 0.276. The number of anilines is 1. The molecule has 0 fully saturated rings. The van der Waals surface area contributed by atoms with E-state index in [-0.39, 0.29) is 5.75 Å². The van der Waals surface area contributed by atoms with Gasteiger partial charge >= 0.3 is 5.63 Å². The number of fused-ring (bicyclic) bond motifs is 2. The lowest BCUT2D eigenvalue weighted by Gasteiger charge is -2.20. The Labute approximate surface area is 179 Å². The third-order valence-electron chi connectivity index (χ3n) is 5.27. The van der Waals surface area contributed by atoms with Gasteiger partial charge in [0.25, 0.3) is 0 Å². The van der Waals surface area contributed by atoms with Gasteiger partial charge in [0.15, 0.2) is 0 Å². The minimum atomic E-state index is -0.476. The molecular formula is C25H23N3O3. The Kier molecular flexibility index (Phi) is 5.80. The standard InChI is InChI=1S/C25H23N3O3/c1-3-28(4-2)20-11-9-18-13-19(25(30)31-24(18)14-20)15-26-27-16-22-21-8-6-5-7-17(21)10-12-23(22)29/h5-16,29H,3-4H2,1-2H3/b26-15+,27-16+. The molecule has 0 saturated carbocycles. The molecule has 0 radical (unpaired) electrons. The zero-order valence-electron chi connectivity index (χ0n) is 17.4. The molecule has 0 aliphatic heterocycles. The van der Waals surface area contributed by atoms with Crippen molar-refractivity contribution < 1.29 is 9.52 Å². The summed E-state index contributed by atoms with van der Waals surface area (Å²) in [6.45, 7) is 5.92. The van der Waals surface area contributed by atoms with Crippen LogP contribution in [0.3, 0.4) is 0 Å². The number of benzene rings is 3. The number of hydrogen-bond acceptors (Lipinski definition) is 6. The van der Waals surface area contributed by atoms with Gasteiger partial charge in [0, 0.05) is 35.8 Å². The first-order chi connectivity index (χ1) is 15.1. The Hall–Kier alpha value is -3.93. The summed E-state index contributed by atoms with van der Waals surface area (Å²) in [6.07, 6.45) is 2.84. The highest BCUT2D eigenvalue weighted by Gasteiger charge is 2.08. The topological polar surface area (TPSA) is 78.4 Å². The van der Waals surface area contributed by atoms with Gasteiger partial charge < -0.3 is 14.4 Å². The van der Waals surface area contributed by atoms with Gasteiger partial charge in [-0.3, -0.25) is 0 Å². The molecule has 0 amide bonds. The number of phenols is 1. The van der Waals surface area contributed by atoms with Gasteiger partial charge in [-0.15, -0.1) is 0 Å². The van der Waals surface area contributed by atoms with Crippen LogP contribution in [0.5, 0.6) is 5.75 Å². The van der Waals surface area contributed by atoms with Crippen molar-refractivity contribution in [2.45, 2.75) is 13.8 Å². The maximum Gasteiger partial charge on any atom is 0.345 e. The normalized spacial score (nSPS) is 11.8. The summed E-state index contributed by atoms with van der Waals surface area (Å²) < 4.78 is 5.50. The molecule has 0 unspecified atom stereocenters. The van der Waals surface area contributed by atoms with Crippen LogP contribution in [0.2, 0.25) is 0 Å². The van der Waals surface area contributed by atoms with Crippen molar-refractivity contribution in [1.82, 2.24) is 0 Å². The summed E-state index contributed by atoms with van der Waals surface area (Å²) in [5.41, 5.74) is 1.96. The third kappa shape index (κ3) is 4.19. The second kappa shape index (κ2) is 8.83. The van der Waals surface area contributed by atoms with Gasteiger partial charge in [-0.25, -0.2) is 4.79 Å². The van der Waals surface area contributed by atoms with Gasteiger partial charge in [-0.1, -0.05) is 30.3 Å². The first-order valence-electron chi connectivity index (χ1n) is 10.2. The molecule has 4 rings (SSSR count). The number of hydrogen-bond donors (Lipinski definition) is 1. The lowest BCUT2D eigenvalue weighted by atomic mass is 10.0. The van der Waals surface area contributed by atoms with E-state index in [1.807, 2.05) is 48.5 Å². The van der Waals surface area contributed by atoms with E-state index in [0.29, 0.717) is 16.7 Å². The molecule has 0 saturated heterocycles. The second-order valence-electron chi connectivity index (χ2n) is 7.09. The van der Waals surface area contributed by atoms with Crippen molar-refractivity contribution in [2.75, 3.05) is 18.0 Å². The van der Waals surface area contributed by atoms with Crippen molar-refractivity contribution in [1.29, 1.82) is 0 Å². The molecule has 31 heavy (non-hydrogen) atoms. The molecule has 0 atom stereocenters. The molecule has 0 bridgehead atoms. The smallest absolute Gasteiger partial charge is 0.345 e. The zero-order valence-corrected chi connectivity index (χ0v) is 17.4. The van der Waals surface area contributed by atoms with Gasteiger partial charge in [0.05, 0.1) is 18.0 Å². The van der Waals surface area contributed by atoms with Gasteiger partial charge in [0.2, 0.25) is 0 Å². The molecule has 156 valence electrons. The van der Waals surface area contributed by atoms with Crippen LogP contribution in [0, 0.1) is 0 Å². The fourth-order valence-electron chi connectivity index (χ4n) is 3.60. The summed E-state index contributed by atoms with van der Waals surface area (Å²) in [4.78, 5) is 14.6. The van der Waals surface area contributed by atoms with Crippen molar-refractivity contribution in [2.24, 2.45) is 10.2 Å². The van der Waals surface area contributed by atoms with Crippen LogP contribution in [0.25, 0.3) is 21.7 Å². The maximum atomic E-state index is 12.4. The molecule has 3 aromatic carbocycles. The van der Waals surface area contributed by atoms with Crippen molar-refractivity contribution in [3.05, 3.63) is 82.2 Å². The SMILES string of the molecule is CCN(CC)c1ccc2cc(/C=N/N=C/c3c(O)ccc4ccccc34)c(=O)oc2c1. The van der Waals surface area contributed by atoms with E-state index < -0.39 is 5.63 Å². The van der Waals surface area contributed by atoms with E-state index >= 15 is 0 Å². The fourth-order valence-corrected chi connectivity index (χ4v) is 3.60. The monoisotopic (exact) mass is 413 g/mol. The first kappa shape index (κ1) is 20.3. The summed E-state index contributed by atoms with van der Waals surface area (Å²) in [6, 6.07) is 18.7. The van der Waals surface area contributed by atoms with E-state index in [2.05, 4.69) is 29.0 Å². The molecule has 0 aliphatic rings. The summed E-state index contributed by atoms with van der Waals surface area (Å²) in [5.74, 6) is 0.117. The number of phenolic OH excluding ortho intramolecular Hbond substituents is 1.